The van der Waals surface area contributed by atoms with Gasteiger partial charge in [-0.25, -0.2) is 9.88 Å². The number of ether oxygens (including phenoxy) is 2. The third-order valence-corrected chi connectivity index (χ3v) is 5.48. The first-order valence-corrected chi connectivity index (χ1v) is 10.4. The number of rotatable bonds is 4. The van der Waals surface area contributed by atoms with E-state index in [4.69, 9.17) is 9.47 Å². The van der Waals surface area contributed by atoms with Crippen molar-refractivity contribution >= 4 is 23.4 Å². The van der Waals surface area contributed by atoms with Gasteiger partial charge in [-0.15, -0.1) is 0 Å². The second kappa shape index (κ2) is 7.83. The fourth-order valence-electron chi connectivity index (χ4n) is 3.67. The molecule has 3 aromatic rings. The van der Waals surface area contributed by atoms with Crippen LogP contribution in [0.25, 0.3) is 11.3 Å². The molecule has 2 heterocycles. The highest BCUT2D eigenvalue weighted by atomic mass is 32.2. The summed E-state index contributed by atoms with van der Waals surface area (Å²) < 4.78 is 12.4. The van der Waals surface area contributed by atoms with Gasteiger partial charge in [-0.1, -0.05) is 28.6 Å². The number of nitrogens with zero attached hydrogens (tertiary/aromatic N) is 4. The first-order chi connectivity index (χ1) is 14.5. The van der Waals surface area contributed by atoms with E-state index in [0.717, 1.165) is 0 Å². The van der Waals surface area contributed by atoms with E-state index < -0.39 is 12.0 Å². The first-order valence-electron chi connectivity index (χ1n) is 9.16. The van der Waals surface area contributed by atoms with E-state index in [1.54, 1.807) is 48.3 Å². The summed E-state index contributed by atoms with van der Waals surface area (Å²) in [5.41, 5.74) is 2.29. The lowest BCUT2D eigenvalue weighted by atomic mass is 10.0. The van der Waals surface area contributed by atoms with Gasteiger partial charge in [-0.3, -0.25) is 4.79 Å². The molecule has 1 amide bonds. The third-order valence-electron chi connectivity index (χ3n) is 4.94. The summed E-state index contributed by atoms with van der Waals surface area (Å²) in [5.74, 6) is 0.502. The van der Waals surface area contributed by atoms with E-state index in [1.807, 2.05) is 24.3 Å². The number of carbonyl (C=O) groups excluding carboxylic acids is 1. The van der Waals surface area contributed by atoms with Crippen molar-refractivity contribution in [3.63, 3.8) is 0 Å². The Morgan fingerprint density at radius 3 is 2.57 bits per heavy atom. The molecule has 1 aromatic heterocycles. The largest absolute Gasteiger partial charge is 0.854 e. The molecule has 1 atom stereocenters. The highest BCUT2D eigenvalue weighted by Crippen LogP contribution is 2.42. The van der Waals surface area contributed by atoms with Gasteiger partial charge in [0.15, 0.2) is 11.5 Å². The zero-order valence-corrected chi connectivity index (χ0v) is 17.8. The van der Waals surface area contributed by atoms with Gasteiger partial charge in [0.2, 0.25) is 5.91 Å². The summed E-state index contributed by atoms with van der Waals surface area (Å²) in [6.45, 7) is 1.49. The minimum Gasteiger partial charge on any atom is -0.854 e. The highest BCUT2D eigenvalue weighted by Gasteiger charge is 2.44. The maximum Gasteiger partial charge on any atom is 0.293 e. The summed E-state index contributed by atoms with van der Waals surface area (Å²) >= 11 is 1.27. The summed E-state index contributed by atoms with van der Waals surface area (Å²) in [6.07, 6.45) is 1.11. The van der Waals surface area contributed by atoms with Crippen molar-refractivity contribution in [2.24, 2.45) is 0 Å². The molecule has 30 heavy (non-hydrogen) atoms. The summed E-state index contributed by atoms with van der Waals surface area (Å²) in [4.78, 5) is 18.5. The van der Waals surface area contributed by atoms with Crippen molar-refractivity contribution in [3.8, 4) is 28.6 Å². The van der Waals surface area contributed by atoms with Crippen LogP contribution < -0.4 is 24.2 Å². The van der Waals surface area contributed by atoms with Crippen LogP contribution in [0.3, 0.4) is 0 Å². The number of fused-ring (bicyclic) bond motifs is 3. The number of thioether (sulfide) groups is 1. The molecule has 154 valence electrons. The summed E-state index contributed by atoms with van der Waals surface area (Å²) in [6, 6.07) is 12.6. The topological polar surface area (TPSA) is 91.5 Å². The predicted molar refractivity (Wildman–Crippen MR) is 110 cm³/mol. The van der Waals surface area contributed by atoms with Crippen molar-refractivity contribution in [2.75, 3.05) is 25.4 Å². The average molecular weight is 424 g/mol. The number of methoxy groups -OCH3 is 2. The lowest BCUT2D eigenvalue weighted by Crippen LogP contribution is -2.58. The molecule has 1 unspecified atom stereocenters. The molecular formula is C21H20N4O4S. The number of para-hydroxylation sites is 1. The third kappa shape index (κ3) is 3.11. The smallest absolute Gasteiger partial charge is 0.293 e. The van der Waals surface area contributed by atoms with Crippen LogP contribution in [-0.4, -0.2) is 36.5 Å². The fraction of sp³-hybridized carbons (Fsp3) is 0.238. The van der Waals surface area contributed by atoms with E-state index >= 15 is 0 Å². The van der Waals surface area contributed by atoms with E-state index in [0.29, 0.717) is 39.2 Å². The number of hydrogen-bond acceptors (Lipinski definition) is 7. The van der Waals surface area contributed by atoms with E-state index in [1.165, 1.54) is 18.7 Å². The van der Waals surface area contributed by atoms with Crippen LogP contribution in [0.5, 0.6) is 17.4 Å². The van der Waals surface area contributed by atoms with Crippen molar-refractivity contribution in [3.05, 3.63) is 48.0 Å². The predicted octanol–water partition coefficient (Wildman–Crippen LogP) is 2.16. The van der Waals surface area contributed by atoms with Crippen molar-refractivity contribution < 1.29 is 24.1 Å². The Hall–Kier alpha value is -3.33. The number of hydrogen-bond donors (Lipinski definition) is 0. The van der Waals surface area contributed by atoms with Crippen LogP contribution in [0.15, 0.2) is 47.6 Å². The Morgan fingerprint density at radius 1 is 1.17 bits per heavy atom. The van der Waals surface area contributed by atoms with Crippen LogP contribution in [0.1, 0.15) is 18.7 Å². The Bertz CT molecular complexity index is 1140. The molecule has 0 radical (unpaired) electrons. The van der Waals surface area contributed by atoms with Gasteiger partial charge in [-0.05, 0) is 36.6 Å². The summed E-state index contributed by atoms with van der Waals surface area (Å²) in [5, 5.41) is 17.9. The Labute approximate surface area is 178 Å². The lowest BCUT2D eigenvalue weighted by molar-refractivity contribution is -0.764. The number of amides is 1. The van der Waals surface area contributed by atoms with Gasteiger partial charge in [0.05, 0.1) is 31.4 Å². The highest BCUT2D eigenvalue weighted by molar-refractivity contribution is 7.98. The van der Waals surface area contributed by atoms with Crippen LogP contribution in [0.4, 0.5) is 5.69 Å². The normalized spacial score (nSPS) is 14.7. The number of benzene rings is 2. The maximum absolute atomic E-state index is 12.9. The molecule has 0 fully saturated rings. The molecule has 1 aliphatic rings. The molecular weight excluding hydrogens is 404 g/mol. The van der Waals surface area contributed by atoms with Crippen molar-refractivity contribution in [1.29, 1.82) is 0 Å². The van der Waals surface area contributed by atoms with Crippen LogP contribution in [0.2, 0.25) is 0 Å². The van der Waals surface area contributed by atoms with Gasteiger partial charge < -0.3 is 14.6 Å². The standard InChI is InChI=1S/C21H20N4O4S/c1-12(26)24-15-8-6-5-7-14(15)18-19(27)22-21(30-4)23-25(18)20(24)13-9-10-16(28-2)17(11-13)29-3/h5-11,20H,1-4H3. The van der Waals surface area contributed by atoms with Gasteiger partial charge in [0, 0.05) is 17.6 Å². The molecule has 0 aliphatic carbocycles. The molecule has 8 nitrogen and oxygen atoms in total. The van der Waals surface area contributed by atoms with Gasteiger partial charge in [0.25, 0.3) is 17.0 Å². The minimum absolute atomic E-state index is 0.183. The SMILES string of the molecule is COc1ccc(C2N(C(C)=O)c3ccccc3-c3c([O-])nc(SC)n[n+]32)cc1OC. The van der Waals surface area contributed by atoms with E-state index in [-0.39, 0.29) is 5.91 Å². The maximum atomic E-state index is 12.9. The van der Waals surface area contributed by atoms with E-state index in [9.17, 15) is 9.90 Å². The van der Waals surface area contributed by atoms with Crippen molar-refractivity contribution in [2.45, 2.75) is 18.2 Å². The molecule has 0 saturated heterocycles. The molecule has 0 N–H and O–H groups in total. The number of aromatic nitrogens is 3. The molecule has 9 heteroatoms. The molecule has 4 rings (SSSR count). The quantitative estimate of drug-likeness (QED) is 0.468. The second-order valence-electron chi connectivity index (χ2n) is 6.59. The van der Waals surface area contributed by atoms with Gasteiger partial charge in [0.1, 0.15) is 0 Å². The number of carbonyl (C=O) groups is 1. The van der Waals surface area contributed by atoms with Crippen molar-refractivity contribution in [1.82, 2.24) is 10.1 Å². The Morgan fingerprint density at radius 2 is 1.90 bits per heavy atom. The molecule has 0 bridgehead atoms. The second-order valence-corrected chi connectivity index (χ2v) is 7.36. The number of anilines is 1. The average Bonchev–Trinajstić information content (AvgIpc) is 2.76. The zero-order valence-electron chi connectivity index (χ0n) is 16.9. The van der Waals surface area contributed by atoms with Crippen LogP contribution in [0, 0.1) is 0 Å². The van der Waals surface area contributed by atoms with Crippen LogP contribution >= 0.6 is 11.8 Å². The first kappa shape index (κ1) is 20.0. The summed E-state index contributed by atoms with van der Waals surface area (Å²) in [7, 11) is 3.10. The van der Waals surface area contributed by atoms with Gasteiger partial charge >= 0.3 is 0 Å². The molecule has 2 aromatic carbocycles. The van der Waals surface area contributed by atoms with Crippen LogP contribution in [-0.2, 0) is 4.79 Å². The molecule has 0 spiro atoms. The lowest BCUT2D eigenvalue weighted by Gasteiger charge is -2.33. The Balaban J connectivity index is 2.05. The zero-order chi connectivity index (χ0) is 21.4. The Kier molecular flexibility index (Phi) is 5.21. The fourth-order valence-corrected chi connectivity index (χ4v) is 4.02. The van der Waals surface area contributed by atoms with E-state index in [2.05, 4.69) is 10.1 Å². The minimum atomic E-state index is -0.686. The monoisotopic (exact) mass is 424 g/mol. The van der Waals surface area contributed by atoms with Gasteiger partial charge in [-0.2, -0.15) is 0 Å². The molecule has 0 saturated carbocycles. The molecule has 1 aliphatic heterocycles.